The number of carbonyl (C=O) groups excluding carboxylic acids is 1. The van der Waals surface area contributed by atoms with Crippen LogP contribution >= 0.6 is 0 Å². The molecule has 3 rings (SSSR count). The van der Waals surface area contributed by atoms with Gasteiger partial charge in [-0.15, -0.1) is 0 Å². The minimum absolute atomic E-state index is 0.00615. The van der Waals surface area contributed by atoms with Gasteiger partial charge in [-0.05, 0) is 43.7 Å². The van der Waals surface area contributed by atoms with E-state index in [1.54, 1.807) is 12.1 Å². The molecule has 0 aliphatic heterocycles. The van der Waals surface area contributed by atoms with E-state index >= 15 is 0 Å². The van der Waals surface area contributed by atoms with Crippen molar-refractivity contribution in [3.05, 3.63) is 59.5 Å². The highest BCUT2D eigenvalue weighted by Crippen LogP contribution is 2.23. The van der Waals surface area contributed by atoms with E-state index in [-0.39, 0.29) is 5.69 Å². The Morgan fingerprint density at radius 2 is 2.05 bits per heavy atom. The van der Waals surface area contributed by atoms with Crippen LogP contribution in [0.1, 0.15) is 21.6 Å². The largest absolute Gasteiger partial charge is 0.543 e. The van der Waals surface area contributed by atoms with Crippen molar-refractivity contribution in [2.24, 2.45) is 0 Å². The summed E-state index contributed by atoms with van der Waals surface area (Å²) in [6.45, 7) is 3.89. The van der Waals surface area contributed by atoms with E-state index in [9.17, 15) is 9.90 Å². The standard InChI is InChI=1S/C16H14N2O3/c1-10-5-6-13(11(2)8-10)18-14(16(19)20)9-12(17-18)15-4-3-7-21-15/h3-9H,1-2H3,(H,19,20)/p-1. The molecule has 0 N–H and O–H groups in total. The highest BCUT2D eigenvalue weighted by molar-refractivity contribution is 5.86. The molecule has 2 heterocycles. The lowest BCUT2D eigenvalue weighted by Crippen LogP contribution is -2.25. The van der Waals surface area contributed by atoms with E-state index < -0.39 is 5.97 Å². The summed E-state index contributed by atoms with van der Waals surface area (Å²) in [6, 6.07) is 10.6. The maximum atomic E-state index is 11.4. The number of aromatic carboxylic acids is 1. The predicted octanol–water partition coefficient (Wildman–Crippen LogP) is 2.11. The normalized spacial score (nSPS) is 10.8. The van der Waals surface area contributed by atoms with Crippen LogP contribution in [-0.4, -0.2) is 15.7 Å². The number of furan rings is 1. The molecule has 3 aromatic rings. The Hall–Kier alpha value is -2.82. The summed E-state index contributed by atoms with van der Waals surface area (Å²) >= 11 is 0. The molecule has 0 saturated heterocycles. The summed E-state index contributed by atoms with van der Waals surface area (Å²) in [5, 5.41) is 15.7. The van der Waals surface area contributed by atoms with Crippen LogP contribution in [0, 0.1) is 13.8 Å². The third-order valence-corrected chi connectivity index (χ3v) is 3.27. The average molecular weight is 281 g/mol. The van der Waals surface area contributed by atoms with E-state index in [0.717, 1.165) is 11.1 Å². The SMILES string of the molecule is Cc1ccc(-n2nc(-c3ccco3)cc2C(=O)[O-])c(C)c1. The molecule has 0 aliphatic rings. The van der Waals surface area contributed by atoms with Crippen LogP contribution in [0.4, 0.5) is 0 Å². The molecular weight excluding hydrogens is 268 g/mol. The molecule has 5 heteroatoms. The monoisotopic (exact) mass is 281 g/mol. The fourth-order valence-corrected chi connectivity index (χ4v) is 2.30. The molecule has 0 amide bonds. The van der Waals surface area contributed by atoms with Crippen LogP contribution < -0.4 is 5.11 Å². The van der Waals surface area contributed by atoms with Gasteiger partial charge >= 0.3 is 0 Å². The maximum Gasteiger partial charge on any atom is 0.154 e. The first-order valence-electron chi connectivity index (χ1n) is 6.49. The topological polar surface area (TPSA) is 71.1 Å². The first-order valence-corrected chi connectivity index (χ1v) is 6.49. The van der Waals surface area contributed by atoms with Gasteiger partial charge in [0.25, 0.3) is 0 Å². The van der Waals surface area contributed by atoms with Gasteiger partial charge in [0.1, 0.15) is 5.69 Å². The summed E-state index contributed by atoms with van der Waals surface area (Å²) in [4.78, 5) is 11.4. The summed E-state index contributed by atoms with van der Waals surface area (Å²) in [6.07, 6.45) is 1.52. The highest BCUT2D eigenvalue weighted by atomic mass is 16.4. The molecule has 0 aliphatic carbocycles. The fraction of sp³-hybridized carbons (Fsp3) is 0.125. The van der Waals surface area contributed by atoms with Crippen LogP contribution in [0.2, 0.25) is 0 Å². The van der Waals surface area contributed by atoms with Gasteiger partial charge in [-0.2, -0.15) is 5.10 Å². The van der Waals surface area contributed by atoms with Crippen LogP contribution in [0.25, 0.3) is 17.1 Å². The van der Waals surface area contributed by atoms with Crippen LogP contribution in [0.5, 0.6) is 0 Å². The molecule has 21 heavy (non-hydrogen) atoms. The van der Waals surface area contributed by atoms with Gasteiger partial charge in [0.15, 0.2) is 5.76 Å². The van der Waals surface area contributed by atoms with Crippen molar-refractivity contribution in [1.29, 1.82) is 0 Å². The average Bonchev–Trinajstić information content (AvgIpc) is 3.07. The number of nitrogens with zero attached hydrogens (tertiary/aromatic N) is 2. The number of aromatic nitrogens is 2. The van der Waals surface area contributed by atoms with Crippen molar-refractivity contribution in [3.63, 3.8) is 0 Å². The summed E-state index contributed by atoms with van der Waals surface area (Å²) in [5.74, 6) is -0.763. The van der Waals surface area contributed by atoms with Crippen molar-refractivity contribution in [2.45, 2.75) is 13.8 Å². The minimum Gasteiger partial charge on any atom is -0.543 e. The fourth-order valence-electron chi connectivity index (χ4n) is 2.30. The predicted molar refractivity (Wildman–Crippen MR) is 75.1 cm³/mol. The number of benzene rings is 1. The Kier molecular flexibility index (Phi) is 3.10. The molecule has 0 spiro atoms. The van der Waals surface area contributed by atoms with Crippen molar-refractivity contribution in [3.8, 4) is 17.1 Å². The molecule has 0 fully saturated rings. The molecule has 0 bridgehead atoms. The molecule has 1 aromatic carbocycles. The second-order valence-electron chi connectivity index (χ2n) is 4.88. The molecular formula is C16H13N2O3-. The van der Waals surface area contributed by atoms with Gasteiger partial charge < -0.3 is 14.3 Å². The van der Waals surface area contributed by atoms with Crippen molar-refractivity contribution in [1.82, 2.24) is 9.78 Å². The number of rotatable bonds is 3. The zero-order valence-corrected chi connectivity index (χ0v) is 11.7. The number of hydrogen-bond donors (Lipinski definition) is 0. The van der Waals surface area contributed by atoms with Crippen LogP contribution in [0.15, 0.2) is 47.1 Å². The third kappa shape index (κ3) is 2.33. The molecule has 106 valence electrons. The Morgan fingerprint density at radius 1 is 1.24 bits per heavy atom. The number of carboxylic acids is 1. The summed E-state index contributed by atoms with van der Waals surface area (Å²) in [5.41, 5.74) is 3.20. The molecule has 0 unspecified atom stereocenters. The molecule has 0 atom stereocenters. The Morgan fingerprint density at radius 3 is 2.67 bits per heavy atom. The molecule has 0 saturated carbocycles. The maximum absolute atomic E-state index is 11.4. The van der Waals surface area contributed by atoms with Crippen molar-refractivity contribution >= 4 is 5.97 Å². The second-order valence-corrected chi connectivity index (χ2v) is 4.88. The number of carboxylic acid groups (broad SMARTS) is 1. The van der Waals surface area contributed by atoms with Gasteiger partial charge in [0.05, 0.1) is 23.6 Å². The lowest BCUT2D eigenvalue weighted by atomic mass is 10.1. The van der Waals surface area contributed by atoms with Gasteiger partial charge in [0.2, 0.25) is 0 Å². The number of hydrogen-bond acceptors (Lipinski definition) is 4. The van der Waals surface area contributed by atoms with Crippen LogP contribution in [-0.2, 0) is 0 Å². The smallest absolute Gasteiger partial charge is 0.154 e. The van der Waals surface area contributed by atoms with Crippen molar-refractivity contribution < 1.29 is 14.3 Å². The van der Waals surface area contributed by atoms with E-state index in [4.69, 9.17) is 4.42 Å². The van der Waals surface area contributed by atoms with E-state index in [1.165, 1.54) is 17.0 Å². The van der Waals surface area contributed by atoms with Gasteiger partial charge in [-0.3, -0.25) is 0 Å². The molecule has 0 radical (unpaired) electrons. The van der Waals surface area contributed by atoms with Gasteiger partial charge in [-0.25, -0.2) is 4.68 Å². The minimum atomic E-state index is -1.28. The molecule has 2 aromatic heterocycles. The first-order chi connectivity index (χ1) is 10.1. The van der Waals surface area contributed by atoms with E-state index in [1.807, 2.05) is 32.0 Å². The van der Waals surface area contributed by atoms with Crippen LogP contribution in [0.3, 0.4) is 0 Å². The Labute approximate surface area is 121 Å². The van der Waals surface area contributed by atoms with Gasteiger partial charge in [0, 0.05) is 0 Å². The number of carbonyl (C=O) groups is 1. The highest BCUT2D eigenvalue weighted by Gasteiger charge is 2.14. The quantitative estimate of drug-likeness (QED) is 0.737. The van der Waals surface area contributed by atoms with Crippen molar-refractivity contribution in [2.75, 3.05) is 0 Å². The second kappa shape index (κ2) is 4.94. The number of aryl methyl sites for hydroxylation is 2. The third-order valence-electron chi connectivity index (χ3n) is 3.27. The summed E-state index contributed by atoms with van der Waals surface area (Å²) < 4.78 is 6.64. The lowest BCUT2D eigenvalue weighted by molar-refractivity contribution is -0.255. The van der Waals surface area contributed by atoms with E-state index in [0.29, 0.717) is 17.1 Å². The zero-order valence-electron chi connectivity index (χ0n) is 11.7. The van der Waals surface area contributed by atoms with E-state index in [2.05, 4.69) is 5.10 Å². The zero-order chi connectivity index (χ0) is 15.0. The Bertz CT molecular complexity index is 801. The first kappa shape index (κ1) is 13.2. The molecule has 5 nitrogen and oxygen atoms in total. The summed E-state index contributed by atoms with van der Waals surface area (Å²) in [7, 11) is 0. The lowest BCUT2D eigenvalue weighted by Gasteiger charge is -2.11. The Balaban J connectivity index is 2.19. The van der Waals surface area contributed by atoms with Gasteiger partial charge in [-0.1, -0.05) is 17.7 Å².